The Kier molecular flexibility index (Phi) is 3.34. The third-order valence-electron chi connectivity index (χ3n) is 2.81. The molecule has 20 heavy (non-hydrogen) atoms. The number of fused-ring (bicyclic) bond motifs is 1. The summed E-state index contributed by atoms with van der Waals surface area (Å²) in [4.78, 5) is 15.7. The number of oxazole rings is 1. The van der Waals surface area contributed by atoms with Crippen molar-refractivity contribution in [1.82, 2.24) is 4.98 Å². The number of nitro groups is 1. The summed E-state index contributed by atoms with van der Waals surface area (Å²) in [7, 11) is 0. The highest BCUT2D eigenvalue weighted by Gasteiger charge is 2.11. The number of nitro benzene ring substituents is 1. The van der Waals surface area contributed by atoms with Gasteiger partial charge in [0.15, 0.2) is 5.58 Å². The lowest BCUT2D eigenvalue weighted by molar-refractivity contribution is -0.384. The van der Waals surface area contributed by atoms with Gasteiger partial charge in [-0.1, -0.05) is 6.07 Å². The molecule has 0 unspecified atom stereocenters. The van der Waals surface area contributed by atoms with E-state index in [9.17, 15) is 10.1 Å². The third-order valence-corrected chi connectivity index (χ3v) is 3.75. The topological polar surface area (TPSA) is 81.2 Å². The van der Waals surface area contributed by atoms with Crippen LogP contribution in [0.15, 0.2) is 40.1 Å². The monoisotopic (exact) mass is 289 g/mol. The van der Waals surface area contributed by atoms with Crippen molar-refractivity contribution >= 4 is 34.1 Å². The minimum absolute atomic E-state index is 0.0101. The van der Waals surface area contributed by atoms with Gasteiger partial charge in [0.2, 0.25) is 0 Å². The first kappa shape index (κ1) is 12.6. The molecule has 0 amide bonds. The normalized spacial score (nSPS) is 10.8. The van der Waals surface area contributed by atoms with Gasteiger partial charge in [-0.05, 0) is 23.9 Å². The van der Waals surface area contributed by atoms with Crippen LogP contribution in [0.1, 0.15) is 4.88 Å². The first-order valence-electron chi connectivity index (χ1n) is 6.03. The Hall–Kier alpha value is -2.41. The Labute approximate surface area is 118 Å². The second-order valence-corrected chi connectivity index (χ2v) is 5.22. The van der Waals surface area contributed by atoms with Gasteiger partial charge in [-0.3, -0.25) is 10.1 Å². The van der Waals surface area contributed by atoms with Gasteiger partial charge in [0.25, 0.3) is 11.7 Å². The molecule has 0 saturated carbocycles. The molecule has 0 saturated heterocycles. The number of nitrogens with one attached hydrogen (secondary N) is 1. The SMILES string of the molecule is O=[N+]([O-])c1ccc2oc(NCCc3cccs3)nc2c1. The molecule has 0 aliphatic heterocycles. The molecule has 102 valence electrons. The van der Waals surface area contributed by atoms with Crippen LogP contribution in [0.3, 0.4) is 0 Å². The molecule has 0 radical (unpaired) electrons. The number of non-ortho nitro benzene ring substituents is 1. The first-order chi connectivity index (χ1) is 9.72. The number of aromatic nitrogens is 1. The lowest BCUT2D eigenvalue weighted by Crippen LogP contribution is -2.03. The summed E-state index contributed by atoms with van der Waals surface area (Å²) in [6.45, 7) is 0.704. The van der Waals surface area contributed by atoms with Crippen LogP contribution in [0.2, 0.25) is 0 Å². The van der Waals surface area contributed by atoms with Crippen LogP contribution in [-0.4, -0.2) is 16.5 Å². The zero-order valence-electron chi connectivity index (χ0n) is 10.4. The highest BCUT2D eigenvalue weighted by molar-refractivity contribution is 7.09. The molecule has 0 fully saturated rings. The number of hydrogen-bond donors (Lipinski definition) is 1. The van der Waals surface area contributed by atoms with Gasteiger partial charge in [-0.2, -0.15) is 4.98 Å². The zero-order valence-corrected chi connectivity index (χ0v) is 11.2. The van der Waals surface area contributed by atoms with E-state index in [0.717, 1.165) is 6.42 Å². The standard InChI is InChI=1S/C13H11N3O3S/c17-16(18)9-3-4-12-11(8-9)15-13(19-12)14-6-5-10-2-1-7-20-10/h1-4,7-8H,5-6H2,(H,14,15). The maximum Gasteiger partial charge on any atom is 0.295 e. The van der Waals surface area contributed by atoms with Crippen molar-refractivity contribution in [2.75, 3.05) is 11.9 Å². The molecule has 7 heteroatoms. The van der Waals surface area contributed by atoms with E-state index in [4.69, 9.17) is 4.42 Å². The fraction of sp³-hybridized carbons (Fsp3) is 0.154. The Morgan fingerprint density at radius 3 is 3.05 bits per heavy atom. The summed E-state index contributed by atoms with van der Waals surface area (Å²) in [5.74, 6) is 0. The fourth-order valence-corrected chi connectivity index (χ4v) is 2.56. The second kappa shape index (κ2) is 5.30. The zero-order chi connectivity index (χ0) is 13.9. The van der Waals surface area contributed by atoms with Crippen LogP contribution >= 0.6 is 11.3 Å². The molecule has 0 aliphatic carbocycles. The summed E-state index contributed by atoms with van der Waals surface area (Å²) in [5, 5.41) is 15.8. The van der Waals surface area contributed by atoms with Crippen molar-refractivity contribution in [3.05, 3.63) is 50.7 Å². The van der Waals surface area contributed by atoms with Gasteiger partial charge >= 0.3 is 0 Å². The van der Waals surface area contributed by atoms with Crippen LogP contribution in [0, 0.1) is 10.1 Å². The van der Waals surface area contributed by atoms with Crippen LogP contribution in [0.25, 0.3) is 11.1 Å². The van der Waals surface area contributed by atoms with Crippen molar-refractivity contribution < 1.29 is 9.34 Å². The predicted molar refractivity (Wildman–Crippen MR) is 77.2 cm³/mol. The summed E-state index contributed by atoms with van der Waals surface area (Å²) >= 11 is 1.70. The fourth-order valence-electron chi connectivity index (χ4n) is 1.85. The molecule has 1 N–H and O–H groups in total. The average molecular weight is 289 g/mol. The second-order valence-electron chi connectivity index (χ2n) is 4.18. The van der Waals surface area contributed by atoms with Gasteiger partial charge in [0, 0.05) is 23.6 Å². The summed E-state index contributed by atoms with van der Waals surface area (Å²) < 4.78 is 5.48. The van der Waals surface area contributed by atoms with E-state index in [0.29, 0.717) is 23.7 Å². The maximum atomic E-state index is 10.7. The molecule has 0 bridgehead atoms. The van der Waals surface area contributed by atoms with Gasteiger partial charge in [-0.25, -0.2) is 0 Å². The summed E-state index contributed by atoms with van der Waals surface area (Å²) in [6, 6.07) is 8.84. The van der Waals surface area contributed by atoms with Crippen molar-refractivity contribution in [2.45, 2.75) is 6.42 Å². The summed E-state index contributed by atoms with van der Waals surface area (Å²) in [6.07, 6.45) is 0.885. The van der Waals surface area contributed by atoms with Crippen LogP contribution in [-0.2, 0) is 6.42 Å². The Balaban J connectivity index is 1.70. The molecule has 0 aliphatic rings. The maximum absolute atomic E-state index is 10.7. The quantitative estimate of drug-likeness (QED) is 0.574. The smallest absolute Gasteiger partial charge is 0.295 e. The van der Waals surface area contributed by atoms with Gasteiger partial charge < -0.3 is 9.73 Å². The van der Waals surface area contributed by atoms with Crippen molar-refractivity contribution in [3.8, 4) is 0 Å². The van der Waals surface area contributed by atoms with E-state index in [1.807, 2.05) is 11.4 Å². The number of hydrogen-bond acceptors (Lipinski definition) is 6. The van der Waals surface area contributed by atoms with E-state index >= 15 is 0 Å². The molecular formula is C13H11N3O3S. The number of anilines is 1. The van der Waals surface area contributed by atoms with E-state index in [2.05, 4.69) is 16.4 Å². The van der Waals surface area contributed by atoms with Crippen LogP contribution < -0.4 is 5.32 Å². The van der Waals surface area contributed by atoms with E-state index in [1.54, 1.807) is 17.4 Å². The minimum Gasteiger partial charge on any atom is -0.424 e. The lowest BCUT2D eigenvalue weighted by atomic mass is 10.3. The molecule has 2 aromatic heterocycles. The summed E-state index contributed by atoms with van der Waals surface area (Å²) in [5.41, 5.74) is 1.03. The molecule has 6 nitrogen and oxygen atoms in total. The van der Waals surface area contributed by atoms with Crippen LogP contribution in [0.4, 0.5) is 11.7 Å². The van der Waals surface area contributed by atoms with E-state index < -0.39 is 4.92 Å². The van der Waals surface area contributed by atoms with Gasteiger partial charge in [-0.15, -0.1) is 11.3 Å². The van der Waals surface area contributed by atoms with Crippen molar-refractivity contribution in [2.24, 2.45) is 0 Å². The third kappa shape index (κ3) is 2.62. The molecule has 0 atom stereocenters. The van der Waals surface area contributed by atoms with E-state index in [-0.39, 0.29) is 5.69 Å². The highest BCUT2D eigenvalue weighted by atomic mass is 32.1. The van der Waals surface area contributed by atoms with Crippen molar-refractivity contribution in [3.63, 3.8) is 0 Å². The number of nitrogens with zero attached hydrogens (tertiary/aromatic N) is 2. The Morgan fingerprint density at radius 1 is 1.40 bits per heavy atom. The van der Waals surface area contributed by atoms with Crippen molar-refractivity contribution in [1.29, 1.82) is 0 Å². The number of rotatable bonds is 5. The predicted octanol–water partition coefficient (Wildman–Crippen LogP) is 3.45. The Bertz CT molecular complexity index is 736. The number of thiophene rings is 1. The molecule has 2 heterocycles. The van der Waals surface area contributed by atoms with Gasteiger partial charge in [0.05, 0.1) is 4.92 Å². The average Bonchev–Trinajstić information content (AvgIpc) is 3.06. The number of benzene rings is 1. The first-order valence-corrected chi connectivity index (χ1v) is 6.91. The molecule has 3 rings (SSSR count). The largest absolute Gasteiger partial charge is 0.424 e. The molecule has 0 spiro atoms. The Morgan fingerprint density at radius 2 is 2.30 bits per heavy atom. The van der Waals surface area contributed by atoms with Gasteiger partial charge in [0.1, 0.15) is 5.52 Å². The molecule has 1 aromatic carbocycles. The highest BCUT2D eigenvalue weighted by Crippen LogP contribution is 2.23. The van der Waals surface area contributed by atoms with Crippen LogP contribution in [0.5, 0.6) is 0 Å². The molecular weight excluding hydrogens is 278 g/mol. The molecule has 3 aromatic rings. The minimum atomic E-state index is -0.446. The lowest BCUT2D eigenvalue weighted by Gasteiger charge is -1.98. The van der Waals surface area contributed by atoms with E-state index in [1.165, 1.54) is 17.0 Å².